The molecule has 0 spiro atoms. The highest BCUT2D eigenvalue weighted by Gasteiger charge is 2.56. The molecular weight excluding hydrogens is 270 g/mol. The van der Waals surface area contributed by atoms with Gasteiger partial charge in [-0.1, -0.05) is 5.21 Å². The highest BCUT2D eigenvalue weighted by atomic mass is 16.6. The lowest BCUT2D eigenvalue weighted by Crippen LogP contribution is -2.52. The van der Waals surface area contributed by atoms with E-state index in [4.69, 9.17) is 0 Å². The monoisotopic (exact) mass is 290 g/mol. The summed E-state index contributed by atoms with van der Waals surface area (Å²) in [6, 6.07) is 0. The molecule has 2 aliphatic rings. The summed E-state index contributed by atoms with van der Waals surface area (Å²) in [5.41, 5.74) is -0.412. The molecule has 1 N–H and O–H groups in total. The molecule has 1 aliphatic carbocycles. The summed E-state index contributed by atoms with van der Waals surface area (Å²) in [6.07, 6.45) is 6.62. The third kappa shape index (κ3) is 2.30. The molecule has 1 saturated heterocycles. The highest BCUT2D eigenvalue weighted by Crippen LogP contribution is 2.44. The van der Waals surface area contributed by atoms with Crippen LogP contribution in [0.25, 0.3) is 0 Å². The number of carbonyl (C=O) groups excluding carboxylic acids is 1. The predicted octanol–water partition coefficient (Wildman–Crippen LogP) is 2.22. The molecule has 113 valence electrons. The summed E-state index contributed by atoms with van der Waals surface area (Å²) < 4.78 is 0. The molecule has 6 nitrogen and oxygen atoms in total. The first-order valence-corrected chi connectivity index (χ1v) is 6.75. The van der Waals surface area contributed by atoms with Crippen molar-refractivity contribution in [3.63, 3.8) is 0 Å². The summed E-state index contributed by atoms with van der Waals surface area (Å²) in [7, 11) is 0. The molecule has 0 aromatic carbocycles. The fourth-order valence-corrected chi connectivity index (χ4v) is 2.23. The second-order valence-electron chi connectivity index (χ2n) is 6.23. The second kappa shape index (κ2) is 4.82. The number of carbonyl (C=O) groups is 1. The van der Waals surface area contributed by atoms with E-state index in [2.05, 4.69) is 4.99 Å². The fourth-order valence-electron chi connectivity index (χ4n) is 2.23. The van der Waals surface area contributed by atoms with E-state index in [1.807, 2.05) is 13.8 Å². The SMILES string of the molecule is CC(=O)N=C1C=CC(=C2N([O])C(C)(C)C(C)(C)N2O)C=C1. The Bertz CT molecular complexity index is 557. The fraction of sp³-hybridized carbons (Fsp3) is 0.467. The lowest BCUT2D eigenvalue weighted by atomic mass is 9.84. The third-order valence-corrected chi connectivity index (χ3v) is 4.34. The van der Waals surface area contributed by atoms with Gasteiger partial charge in [-0.15, -0.1) is 0 Å². The quantitative estimate of drug-likeness (QED) is 0.742. The Morgan fingerprint density at radius 1 is 1.10 bits per heavy atom. The topological polar surface area (TPSA) is 76.0 Å². The molecule has 21 heavy (non-hydrogen) atoms. The van der Waals surface area contributed by atoms with Crippen molar-refractivity contribution in [3.8, 4) is 0 Å². The van der Waals surface area contributed by atoms with Gasteiger partial charge in [-0.3, -0.25) is 10.0 Å². The molecule has 2 rings (SSSR count). The first-order valence-electron chi connectivity index (χ1n) is 6.75. The van der Waals surface area contributed by atoms with Crippen molar-refractivity contribution in [1.82, 2.24) is 10.1 Å². The maximum absolute atomic E-state index is 12.5. The molecule has 0 aromatic rings. The number of hydrogen-bond acceptors (Lipinski definition) is 4. The van der Waals surface area contributed by atoms with Gasteiger partial charge in [-0.05, 0) is 52.0 Å². The molecule has 1 fully saturated rings. The molecule has 0 atom stereocenters. The van der Waals surface area contributed by atoms with Gasteiger partial charge < -0.3 is 0 Å². The molecule has 1 heterocycles. The van der Waals surface area contributed by atoms with Crippen molar-refractivity contribution >= 4 is 11.6 Å². The van der Waals surface area contributed by atoms with Crippen LogP contribution in [-0.2, 0) is 10.0 Å². The summed E-state index contributed by atoms with van der Waals surface area (Å²) in [4.78, 5) is 14.8. The van der Waals surface area contributed by atoms with Crippen molar-refractivity contribution < 1.29 is 15.2 Å². The Hall–Kier alpha value is -1.92. The molecule has 0 bridgehead atoms. The number of allylic oxidation sites excluding steroid dienone is 5. The Balaban J connectivity index is 2.44. The number of aliphatic imine (C=N–C) groups is 1. The van der Waals surface area contributed by atoms with Gasteiger partial charge in [0.15, 0.2) is 5.82 Å². The summed E-state index contributed by atoms with van der Waals surface area (Å²) in [5, 5.41) is 24.7. The maximum atomic E-state index is 12.5. The number of rotatable bonds is 0. The number of amides is 1. The van der Waals surface area contributed by atoms with Gasteiger partial charge in [0.25, 0.3) is 0 Å². The average Bonchev–Trinajstić information content (AvgIpc) is 2.50. The van der Waals surface area contributed by atoms with Crippen LogP contribution < -0.4 is 0 Å². The zero-order valence-corrected chi connectivity index (χ0v) is 12.9. The standard InChI is InChI=1S/C15H20N3O3/c1-10(19)16-12-8-6-11(7-9-12)13-17(20)14(2,3)15(4,5)18(13)21/h6-9,20H,1-5H3. The van der Waals surface area contributed by atoms with Crippen LogP contribution in [0.15, 0.2) is 40.7 Å². The van der Waals surface area contributed by atoms with E-state index in [0.717, 1.165) is 10.1 Å². The Morgan fingerprint density at radius 3 is 2.00 bits per heavy atom. The number of hydroxylamine groups is 4. The molecule has 1 amide bonds. The molecule has 0 saturated carbocycles. The first-order chi connectivity index (χ1) is 9.59. The largest absolute Gasteiger partial charge is 0.286 e. The normalized spacial score (nSPS) is 23.1. The molecule has 0 aromatic heterocycles. The van der Waals surface area contributed by atoms with Gasteiger partial charge in [0.1, 0.15) is 0 Å². The Morgan fingerprint density at radius 2 is 1.62 bits per heavy atom. The van der Waals surface area contributed by atoms with E-state index in [1.165, 1.54) is 6.92 Å². The lowest BCUT2D eigenvalue weighted by molar-refractivity contribution is -0.181. The van der Waals surface area contributed by atoms with Gasteiger partial charge in [0.05, 0.1) is 16.8 Å². The van der Waals surface area contributed by atoms with Gasteiger partial charge in [-0.2, -0.15) is 5.06 Å². The Kier molecular flexibility index (Phi) is 3.55. The van der Waals surface area contributed by atoms with E-state index in [9.17, 15) is 15.2 Å². The van der Waals surface area contributed by atoms with E-state index in [0.29, 0.717) is 11.3 Å². The summed E-state index contributed by atoms with van der Waals surface area (Å²) in [5.74, 6) is -0.0906. The van der Waals surface area contributed by atoms with Crippen LogP contribution >= 0.6 is 0 Å². The van der Waals surface area contributed by atoms with Crippen LogP contribution in [0.2, 0.25) is 0 Å². The van der Waals surface area contributed by atoms with Crippen LogP contribution in [0.3, 0.4) is 0 Å². The minimum Gasteiger partial charge on any atom is -0.286 e. The number of hydrogen-bond donors (Lipinski definition) is 1. The van der Waals surface area contributed by atoms with Gasteiger partial charge in [0.2, 0.25) is 5.91 Å². The van der Waals surface area contributed by atoms with Gasteiger partial charge in [-0.25, -0.2) is 10.1 Å². The van der Waals surface area contributed by atoms with Crippen molar-refractivity contribution in [2.24, 2.45) is 4.99 Å². The molecule has 1 aliphatic heterocycles. The van der Waals surface area contributed by atoms with Gasteiger partial charge >= 0.3 is 0 Å². The smallest absolute Gasteiger partial charge is 0.243 e. The van der Waals surface area contributed by atoms with E-state index in [-0.39, 0.29) is 11.7 Å². The number of nitrogens with zero attached hydrogens (tertiary/aromatic N) is 3. The molecule has 1 radical (unpaired) electrons. The van der Waals surface area contributed by atoms with Crippen LogP contribution in [0.1, 0.15) is 34.6 Å². The average molecular weight is 290 g/mol. The zero-order chi connectivity index (χ0) is 16.0. The molecular formula is C15H20N3O3. The van der Waals surface area contributed by atoms with Crippen molar-refractivity contribution in [2.45, 2.75) is 45.7 Å². The van der Waals surface area contributed by atoms with E-state index >= 15 is 0 Å². The molecule has 6 heteroatoms. The van der Waals surface area contributed by atoms with Crippen molar-refractivity contribution in [3.05, 3.63) is 35.7 Å². The van der Waals surface area contributed by atoms with Crippen LogP contribution in [0.4, 0.5) is 0 Å². The van der Waals surface area contributed by atoms with Crippen molar-refractivity contribution in [2.75, 3.05) is 0 Å². The van der Waals surface area contributed by atoms with Crippen LogP contribution in [0.5, 0.6) is 0 Å². The Labute approximate surface area is 124 Å². The maximum Gasteiger partial charge on any atom is 0.243 e. The van der Waals surface area contributed by atoms with Crippen LogP contribution in [0, 0.1) is 0 Å². The van der Waals surface area contributed by atoms with Crippen molar-refractivity contribution in [1.29, 1.82) is 0 Å². The lowest BCUT2D eigenvalue weighted by Gasteiger charge is -2.36. The summed E-state index contributed by atoms with van der Waals surface area (Å²) in [6.45, 7) is 8.57. The second-order valence-corrected chi connectivity index (χ2v) is 6.23. The van der Waals surface area contributed by atoms with Gasteiger partial charge in [0, 0.05) is 12.5 Å². The minimum absolute atomic E-state index is 0.194. The highest BCUT2D eigenvalue weighted by molar-refractivity contribution is 6.10. The first kappa shape index (κ1) is 15.5. The minimum atomic E-state index is -0.778. The predicted molar refractivity (Wildman–Crippen MR) is 77.7 cm³/mol. The summed E-state index contributed by atoms with van der Waals surface area (Å²) >= 11 is 0. The molecule has 0 unspecified atom stereocenters. The van der Waals surface area contributed by atoms with E-state index in [1.54, 1.807) is 38.2 Å². The van der Waals surface area contributed by atoms with Crippen LogP contribution in [-0.4, -0.2) is 38.0 Å². The third-order valence-electron chi connectivity index (χ3n) is 4.34. The zero-order valence-electron chi connectivity index (χ0n) is 12.9. The van der Waals surface area contributed by atoms with E-state index < -0.39 is 11.1 Å².